The molecule has 5 nitrogen and oxygen atoms in total. The van der Waals surface area contributed by atoms with Crippen molar-refractivity contribution in [3.63, 3.8) is 0 Å². The molecule has 1 heterocycles. The van der Waals surface area contributed by atoms with Gasteiger partial charge in [0.15, 0.2) is 5.43 Å². The Kier molecular flexibility index (Phi) is 3.54. The molecule has 0 saturated heterocycles. The lowest BCUT2D eigenvalue weighted by molar-refractivity contribution is 1.42. The van der Waals surface area contributed by atoms with Crippen molar-refractivity contribution in [1.29, 1.82) is 10.5 Å². The van der Waals surface area contributed by atoms with E-state index < -0.39 is 0 Å². The molecular formula is C18H12N4O. The van der Waals surface area contributed by atoms with E-state index in [9.17, 15) is 4.79 Å². The van der Waals surface area contributed by atoms with Crippen LogP contribution >= 0.6 is 0 Å². The van der Waals surface area contributed by atoms with E-state index in [1.165, 1.54) is 6.20 Å². The molecule has 0 aliphatic rings. The first-order valence-corrected chi connectivity index (χ1v) is 6.96. The van der Waals surface area contributed by atoms with Gasteiger partial charge < -0.3 is 10.3 Å². The molecule has 2 N–H and O–H groups in total. The Bertz CT molecular complexity index is 1080. The number of aromatic amines is 1. The first-order valence-electron chi connectivity index (χ1n) is 6.96. The zero-order valence-electron chi connectivity index (χ0n) is 12.3. The Morgan fingerprint density at radius 1 is 1.17 bits per heavy atom. The molecule has 3 rings (SSSR count). The van der Waals surface area contributed by atoms with Crippen molar-refractivity contribution in [3.8, 4) is 12.1 Å². The fourth-order valence-electron chi connectivity index (χ4n) is 2.47. The van der Waals surface area contributed by atoms with Crippen LogP contribution in [0.15, 0.2) is 53.0 Å². The van der Waals surface area contributed by atoms with E-state index >= 15 is 0 Å². The van der Waals surface area contributed by atoms with E-state index in [1.807, 2.05) is 25.1 Å². The average molecular weight is 300 g/mol. The monoisotopic (exact) mass is 300 g/mol. The minimum Gasteiger partial charge on any atom is -0.358 e. The van der Waals surface area contributed by atoms with Crippen molar-refractivity contribution in [1.82, 2.24) is 4.98 Å². The highest BCUT2D eigenvalue weighted by molar-refractivity contribution is 5.98. The molecule has 23 heavy (non-hydrogen) atoms. The predicted molar refractivity (Wildman–Crippen MR) is 89.7 cm³/mol. The first kappa shape index (κ1) is 14.4. The summed E-state index contributed by atoms with van der Waals surface area (Å²) in [5.74, 6) is 0. The summed E-state index contributed by atoms with van der Waals surface area (Å²) in [6.45, 7) is 1.94. The van der Waals surface area contributed by atoms with Crippen molar-refractivity contribution in [2.75, 3.05) is 5.32 Å². The van der Waals surface area contributed by atoms with Gasteiger partial charge in [-0.3, -0.25) is 4.79 Å². The molecule has 5 heteroatoms. The maximum Gasteiger partial charge on any atom is 0.197 e. The molecular weight excluding hydrogens is 288 g/mol. The predicted octanol–water partition coefficient (Wildman–Crippen LogP) is 3.33. The van der Waals surface area contributed by atoms with Gasteiger partial charge in [0.05, 0.1) is 11.2 Å². The molecule has 0 fully saturated rings. The minimum atomic E-state index is -0.0501. The molecule has 0 saturated carbocycles. The number of rotatable bonds is 2. The molecule has 110 valence electrons. The highest BCUT2D eigenvalue weighted by Gasteiger charge is 2.08. The molecule has 2 aromatic carbocycles. The normalized spacial score (nSPS) is 10.0. The number of aryl methyl sites for hydroxylation is 1. The summed E-state index contributed by atoms with van der Waals surface area (Å²) >= 11 is 0. The Balaban J connectivity index is 2.26. The van der Waals surface area contributed by atoms with Crippen molar-refractivity contribution in [3.05, 3.63) is 64.0 Å². The third kappa shape index (κ3) is 2.52. The summed E-state index contributed by atoms with van der Waals surface area (Å²) in [5, 5.41) is 21.7. The zero-order chi connectivity index (χ0) is 16.4. The Labute approximate surface area is 132 Å². The van der Waals surface area contributed by atoms with Crippen LogP contribution in [0.4, 0.5) is 5.69 Å². The number of hydrogen-bond donors (Lipinski definition) is 2. The standard InChI is InChI=1S/C18H12N4O/c1-11-5-6-15-14(7-11)18(23)13-3-2-4-16(17(13)22-15)21-10-12(8-19)9-20/h2-7,10,21H,1H3,(H,22,23). The average Bonchev–Trinajstić information content (AvgIpc) is 2.57. The van der Waals surface area contributed by atoms with Crippen LogP contribution in [-0.4, -0.2) is 4.98 Å². The molecule has 0 unspecified atom stereocenters. The number of nitrogens with zero attached hydrogens (tertiary/aromatic N) is 2. The number of hydrogen-bond acceptors (Lipinski definition) is 4. The lowest BCUT2D eigenvalue weighted by atomic mass is 10.1. The number of H-pyrrole nitrogens is 1. The number of benzene rings is 2. The van der Waals surface area contributed by atoms with Crippen LogP contribution in [0, 0.1) is 29.6 Å². The minimum absolute atomic E-state index is 0.0410. The maximum atomic E-state index is 12.7. The zero-order valence-corrected chi connectivity index (χ0v) is 12.3. The van der Waals surface area contributed by atoms with Crippen LogP contribution in [0.2, 0.25) is 0 Å². The second-order valence-corrected chi connectivity index (χ2v) is 5.16. The van der Waals surface area contributed by atoms with Gasteiger partial charge in [-0.2, -0.15) is 10.5 Å². The highest BCUT2D eigenvalue weighted by atomic mass is 16.1. The van der Waals surface area contributed by atoms with Gasteiger partial charge in [0.2, 0.25) is 0 Å². The molecule has 3 aromatic rings. The van der Waals surface area contributed by atoms with Crippen LogP contribution in [0.5, 0.6) is 0 Å². The van der Waals surface area contributed by atoms with Crippen molar-refractivity contribution < 1.29 is 0 Å². The van der Waals surface area contributed by atoms with Gasteiger partial charge in [-0.1, -0.05) is 17.7 Å². The third-order valence-corrected chi connectivity index (χ3v) is 3.60. The smallest absolute Gasteiger partial charge is 0.197 e. The second kappa shape index (κ2) is 5.67. The Morgan fingerprint density at radius 2 is 1.96 bits per heavy atom. The summed E-state index contributed by atoms with van der Waals surface area (Å²) < 4.78 is 0. The van der Waals surface area contributed by atoms with Crippen molar-refractivity contribution >= 4 is 27.5 Å². The van der Waals surface area contributed by atoms with Crippen LogP contribution in [-0.2, 0) is 0 Å². The lowest BCUT2D eigenvalue weighted by Gasteiger charge is -2.08. The van der Waals surface area contributed by atoms with Gasteiger partial charge in [0.1, 0.15) is 17.7 Å². The third-order valence-electron chi connectivity index (χ3n) is 3.60. The fraction of sp³-hybridized carbons (Fsp3) is 0.0556. The summed E-state index contributed by atoms with van der Waals surface area (Å²) in [5.41, 5.74) is 2.94. The number of aromatic nitrogens is 1. The number of allylic oxidation sites excluding steroid dienone is 1. The topological polar surface area (TPSA) is 92.5 Å². The number of anilines is 1. The van der Waals surface area contributed by atoms with Gasteiger partial charge in [-0.15, -0.1) is 0 Å². The van der Waals surface area contributed by atoms with Gasteiger partial charge in [-0.25, -0.2) is 0 Å². The van der Waals surface area contributed by atoms with E-state index in [1.54, 1.807) is 30.3 Å². The highest BCUT2D eigenvalue weighted by Crippen LogP contribution is 2.22. The van der Waals surface area contributed by atoms with Crippen molar-refractivity contribution in [2.45, 2.75) is 6.92 Å². The lowest BCUT2D eigenvalue weighted by Crippen LogP contribution is -2.06. The summed E-state index contributed by atoms with van der Waals surface area (Å²) in [6.07, 6.45) is 1.33. The van der Waals surface area contributed by atoms with Crippen LogP contribution in [0.3, 0.4) is 0 Å². The Hall–Kier alpha value is -3.57. The van der Waals surface area contributed by atoms with E-state index in [-0.39, 0.29) is 11.0 Å². The van der Waals surface area contributed by atoms with E-state index in [2.05, 4.69) is 10.3 Å². The number of pyridine rings is 1. The van der Waals surface area contributed by atoms with E-state index in [0.29, 0.717) is 22.0 Å². The number of fused-ring (bicyclic) bond motifs is 2. The molecule has 1 aromatic heterocycles. The maximum absolute atomic E-state index is 12.7. The van der Waals surface area contributed by atoms with E-state index in [0.717, 1.165) is 11.1 Å². The number of nitriles is 2. The number of para-hydroxylation sites is 1. The van der Waals surface area contributed by atoms with Gasteiger partial charge in [0.25, 0.3) is 0 Å². The quantitative estimate of drug-likeness (QED) is 0.561. The molecule has 0 aliphatic carbocycles. The number of nitrogens with one attached hydrogen (secondary N) is 2. The molecule has 0 bridgehead atoms. The molecule has 0 atom stereocenters. The largest absolute Gasteiger partial charge is 0.358 e. The molecule has 0 aliphatic heterocycles. The van der Waals surface area contributed by atoms with Crippen molar-refractivity contribution in [2.24, 2.45) is 0 Å². The molecule has 0 amide bonds. The summed E-state index contributed by atoms with van der Waals surface area (Å²) in [7, 11) is 0. The first-order chi connectivity index (χ1) is 11.1. The van der Waals surface area contributed by atoms with E-state index in [4.69, 9.17) is 10.5 Å². The van der Waals surface area contributed by atoms with Gasteiger partial charge in [0, 0.05) is 22.5 Å². The van der Waals surface area contributed by atoms with Crippen LogP contribution < -0.4 is 10.7 Å². The summed E-state index contributed by atoms with van der Waals surface area (Å²) in [4.78, 5) is 15.9. The molecule has 0 radical (unpaired) electrons. The molecule has 0 spiro atoms. The van der Waals surface area contributed by atoms with Gasteiger partial charge >= 0.3 is 0 Å². The van der Waals surface area contributed by atoms with Gasteiger partial charge in [-0.05, 0) is 31.2 Å². The van der Waals surface area contributed by atoms with Crippen LogP contribution in [0.25, 0.3) is 21.8 Å². The summed E-state index contributed by atoms with van der Waals surface area (Å²) in [6, 6.07) is 14.5. The second-order valence-electron chi connectivity index (χ2n) is 5.16. The van der Waals surface area contributed by atoms with Crippen LogP contribution in [0.1, 0.15) is 5.56 Å². The Morgan fingerprint density at radius 3 is 2.70 bits per heavy atom. The SMILES string of the molecule is Cc1ccc2[nH]c3c(NC=C(C#N)C#N)cccc3c(=O)c2c1. The fourth-order valence-corrected chi connectivity index (χ4v) is 2.47.